The van der Waals surface area contributed by atoms with Crippen molar-refractivity contribution in [3.63, 3.8) is 0 Å². The number of aryl methyl sites for hydroxylation is 1. The molecule has 1 N–H and O–H groups in total. The first kappa shape index (κ1) is 22.3. The molecule has 0 saturated carbocycles. The third kappa shape index (κ3) is 5.68. The van der Waals surface area contributed by atoms with Gasteiger partial charge < -0.3 is 14.7 Å². The highest BCUT2D eigenvalue weighted by atomic mass is 16.5. The van der Waals surface area contributed by atoms with Crippen LogP contribution in [0.5, 0.6) is 5.75 Å². The Bertz CT molecular complexity index is 1160. The maximum absolute atomic E-state index is 10.9. The lowest BCUT2D eigenvalue weighted by Crippen LogP contribution is -2.46. The molecule has 0 amide bonds. The van der Waals surface area contributed by atoms with E-state index in [1.807, 2.05) is 55.5 Å². The average molecular weight is 443 g/mol. The van der Waals surface area contributed by atoms with Crippen molar-refractivity contribution < 1.29 is 14.6 Å². The number of nitrogens with zero attached hydrogens (tertiary/aromatic N) is 4. The third-order valence-electron chi connectivity index (χ3n) is 5.73. The number of ether oxygens (including phenoxy) is 1. The minimum absolute atomic E-state index is 0.377. The maximum Gasteiger partial charge on any atom is 0.341 e. The number of rotatable bonds is 7. The lowest BCUT2D eigenvalue weighted by molar-refractivity contribution is -0.139. The molecule has 1 aliphatic rings. The first-order valence-electron chi connectivity index (χ1n) is 10.9. The van der Waals surface area contributed by atoms with Gasteiger partial charge in [0.15, 0.2) is 6.61 Å². The maximum atomic E-state index is 10.9. The Morgan fingerprint density at radius 1 is 1.09 bits per heavy atom. The molecule has 0 bridgehead atoms. The van der Waals surface area contributed by atoms with Gasteiger partial charge in [0.2, 0.25) is 0 Å². The second-order valence-electron chi connectivity index (χ2n) is 8.09. The minimum atomic E-state index is -1.01. The van der Waals surface area contributed by atoms with E-state index in [1.54, 1.807) is 6.07 Å². The molecular weight excluding hydrogens is 416 g/mol. The zero-order chi connectivity index (χ0) is 23.2. The van der Waals surface area contributed by atoms with Gasteiger partial charge in [0.1, 0.15) is 11.6 Å². The summed E-state index contributed by atoms with van der Waals surface area (Å²) in [4.78, 5) is 20.3. The molecule has 7 heteroatoms. The van der Waals surface area contributed by atoms with Crippen LogP contribution < -0.4 is 9.64 Å². The van der Waals surface area contributed by atoms with Crippen LogP contribution in [0.4, 0.5) is 5.82 Å². The van der Waals surface area contributed by atoms with Crippen LogP contribution in [0, 0.1) is 18.3 Å². The fourth-order valence-corrected chi connectivity index (χ4v) is 4.02. The molecule has 1 fully saturated rings. The van der Waals surface area contributed by atoms with Gasteiger partial charge in [-0.3, -0.25) is 4.90 Å². The largest absolute Gasteiger partial charge is 0.482 e. The summed E-state index contributed by atoms with van der Waals surface area (Å²) in [5.41, 5.74) is 4.74. The minimum Gasteiger partial charge on any atom is -0.482 e. The number of pyridine rings is 1. The molecule has 4 rings (SSSR count). The standard InChI is InChI=1S/C26H26N4O3/c1-19-3-2-4-25(28-19)30-13-11-29(12-14-30)17-22-15-23(33-18-26(31)32)9-10-24(22)21-7-5-20(16-27)6-8-21/h2-10,15H,11-14,17-18H2,1H3,(H,31,32). The van der Waals surface area contributed by atoms with Crippen molar-refractivity contribution in [2.75, 3.05) is 37.7 Å². The highest BCUT2D eigenvalue weighted by Gasteiger charge is 2.20. The predicted octanol–water partition coefficient (Wildman–Crippen LogP) is 3.71. The number of anilines is 1. The van der Waals surface area contributed by atoms with E-state index in [-0.39, 0.29) is 6.61 Å². The second-order valence-corrected chi connectivity index (χ2v) is 8.09. The summed E-state index contributed by atoms with van der Waals surface area (Å²) in [7, 11) is 0. The summed E-state index contributed by atoms with van der Waals surface area (Å²) in [6, 6.07) is 21.4. The van der Waals surface area contributed by atoms with Crippen molar-refractivity contribution in [3.8, 4) is 22.9 Å². The molecule has 33 heavy (non-hydrogen) atoms. The van der Waals surface area contributed by atoms with E-state index >= 15 is 0 Å². The van der Waals surface area contributed by atoms with Crippen molar-refractivity contribution in [1.82, 2.24) is 9.88 Å². The Kier molecular flexibility index (Phi) is 6.86. The van der Waals surface area contributed by atoms with Gasteiger partial charge in [0.25, 0.3) is 0 Å². The lowest BCUT2D eigenvalue weighted by Gasteiger charge is -2.35. The van der Waals surface area contributed by atoms with Crippen molar-refractivity contribution in [2.45, 2.75) is 13.5 Å². The topological polar surface area (TPSA) is 89.7 Å². The number of carboxylic acids is 1. The number of aromatic nitrogens is 1. The van der Waals surface area contributed by atoms with Gasteiger partial charge in [-0.15, -0.1) is 0 Å². The molecule has 2 aromatic carbocycles. The van der Waals surface area contributed by atoms with Crippen molar-refractivity contribution in [1.29, 1.82) is 5.26 Å². The first-order chi connectivity index (χ1) is 16.0. The van der Waals surface area contributed by atoms with Crippen molar-refractivity contribution in [3.05, 3.63) is 77.5 Å². The number of piperazine rings is 1. The van der Waals surface area contributed by atoms with Gasteiger partial charge in [-0.1, -0.05) is 24.3 Å². The van der Waals surface area contributed by atoms with E-state index in [1.165, 1.54) is 0 Å². The molecular formula is C26H26N4O3. The monoisotopic (exact) mass is 442 g/mol. The molecule has 0 unspecified atom stereocenters. The summed E-state index contributed by atoms with van der Waals surface area (Å²) in [6.07, 6.45) is 0. The van der Waals surface area contributed by atoms with Gasteiger partial charge in [0.05, 0.1) is 11.6 Å². The molecule has 0 spiro atoms. The Morgan fingerprint density at radius 3 is 2.52 bits per heavy atom. The third-order valence-corrected chi connectivity index (χ3v) is 5.73. The van der Waals surface area contributed by atoms with Crippen LogP contribution in [-0.4, -0.2) is 53.7 Å². The summed E-state index contributed by atoms with van der Waals surface area (Å²) in [5.74, 6) is 0.540. The Morgan fingerprint density at radius 2 is 1.85 bits per heavy atom. The summed E-state index contributed by atoms with van der Waals surface area (Å²) >= 11 is 0. The van der Waals surface area contributed by atoms with Crippen LogP contribution in [0.3, 0.4) is 0 Å². The van der Waals surface area contributed by atoms with Gasteiger partial charge in [-0.05, 0) is 60.0 Å². The van der Waals surface area contributed by atoms with E-state index in [4.69, 9.17) is 15.1 Å². The van der Waals surface area contributed by atoms with Gasteiger partial charge >= 0.3 is 5.97 Å². The average Bonchev–Trinajstić information content (AvgIpc) is 2.83. The van der Waals surface area contributed by atoms with E-state index in [0.717, 1.165) is 54.4 Å². The van der Waals surface area contributed by atoms with Crippen LogP contribution in [-0.2, 0) is 11.3 Å². The number of carboxylic acid groups (broad SMARTS) is 1. The fraction of sp³-hybridized carbons (Fsp3) is 0.269. The van der Waals surface area contributed by atoms with E-state index in [2.05, 4.69) is 26.9 Å². The highest BCUT2D eigenvalue weighted by molar-refractivity contribution is 5.70. The summed E-state index contributed by atoms with van der Waals surface area (Å²) < 4.78 is 5.43. The molecule has 168 valence electrons. The Hall–Kier alpha value is -3.89. The normalized spacial score (nSPS) is 14.0. The van der Waals surface area contributed by atoms with Crippen LogP contribution in [0.1, 0.15) is 16.8 Å². The number of benzene rings is 2. The molecule has 2 heterocycles. The summed E-state index contributed by atoms with van der Waals surface area (Å²) in [6.45, 7) is 5.90. The molecule has 1 saturated heterocycles. The molecule has 0 aliphatic carbocycles. The number of hydrogen-bond acceptors (Lipinski definition) is 6. The van der Waals surface area contributed by atoms with Crippen LogP contribution in [0.15, 0.2) is 60.7 Å². The zero-order valence-corrected chi connectivity index (χ0v) is 18.6. The highest BCUT2D eigenvalue weighted by Crippen LogP contribution is 2.29. The first-order valence-corrected chi connectivity index (χ1v) is 10.9. The number of carbonyl (C=O) groups is 1. The summed E-state index contributed by atoms with van der Waals surface area (Å²) in [5, 5.41) is 18.1. The van der Waals surface area contributed by atoms with Gasteiger partial charge in [-0.25, -0.2) is 9.78 Å². The van der Waals surface area contributed by atoms with E-state index in [9.17, 15) is 4.79 Å². The fourth-order valence-electron chi connectivity index (χ4n) is 4.02. The number of hydrogen-bond donors (Lipinski definition) is 1. The van der Waals surface area contributed by atoms with Crippen LogP contribution >= 0.6 is 0 Å². The number of nitriles is 1. The SMILES string of the molecule is Cc1cccc(N2CCN(Cc3cc(OCC(=O)O)ccc3-c3ccc(C#N)cc3)CC2)n1. The van der Waals surface area contributed by atoms with Gasteiger partial charge in [0, 0.05) is 38.4 Å². The number of aliphatic carboxylic acids is 1. The quantitative estimate of drug-likeness (QED) is 0.596. The molecule has 0 radical (unpaired) electrons. The Balaban J connectivity index is 1.52. The van der Waals surface area contributed by atoms with Crippen LogP contribution in [0.25, 0.3) is 11.1 Å². The molecule has 1 aliphatic heterocycles. The van der Waals surface area contributed by atoms with E-state index < -0.39 is 5.97 Å². The molecule has 3 aromatic rings. The molecule has 1 aromatic heterocycles. The van der Waals surface area contributed by atoms with Crippen molar-refractivity contribution >= 4 is 11.8 Å². The smallest absolute Gasteiger partial charge is 0.341 e. The van der Waals surface area contributed by atoms with Crippen LogP contribution in [0.2, 0.25) is 0 Å². The van der Waals surface area contributed by atoms with Gasteiger partial charge in [-0.2, -0.15) is 5.26 Å². The van der Waals surface area contributed by atoms with Crippen molar-refractivity contribution in [2.24, 2.45) is 0 Å². The zero-order valence-electron chi connectivity index (χ0n) is 18.6. The van der Waals surface area contributed by atoms with E-state index in [0.29, 0.717) is 17.9 Å². The predicted molar refractivity (Wildman–Crippen MR) is 126 cm³/mol. The molecule has 0 atom stereocenters. The Labute approximate surface area is 193 Å². The second kappa shape index (κ2) is 10.2. The lowest BCUT2D eigenvalue weighted by atomic mass is 9.98. The molecule has 7 nitrogen and oxygen atoms in total.